The standard InChI is InChI=1S/C24H25N3O5/c1-32-23(30)17-10-12-18(13-11-17)25-21(28)16-8-6-15(7-9-16)14-27-22(29)19-4-2-3-5-20(19)26-24(27)31/h2-5,10-13,15-16H,6-9,14H2,1H3,(H,25,28)(H,26,31). The zero-order valence-corrected chi connectivity index (χ0v) is 17.8. The number of aromatic nitrogens is 2. The number of methoxy groups -OCH3 is 1. The van der Waals surface area contributed by atoms with Gasteiger partial charge < -0.3 is 15.0 Å². The second-order valence-corrected chi connectivity index (χ2v) is 8.17. The van der Waals surface area contributed by atoms with Crippen LogP contribution in [-0.4, -0.2) is 28.5 Å². The molecular weight excluding hydrogens is 410 g/mol. The minimum Gasteiger partial charge on any atom is -0.465 e. The maximum Gasteiger partial charge on any atom is 0.337 e. The Labute approximate surface area is 184 Å². The molecule has 0 saturated heterocycles. The molecule has 166 valence electrons. The molecule has 2 N–H and O–H groups in total. The minimum atomic E-state index is -0.425. The van der Waals surface area contributed by atoms with E-state index in [1.165, 1.54) is 11.7 Å². The molecule has 2 aromatic carbocycles. The summed E-state index contributed by atoms with van der Waals surface area (Å²) in [6, 6.07) is 13.6. The van der Waals surface area contributed by atoms with Crippen LogP contribution in [0.4, 0.5) is 5.69 Å². The lowest BCUT2D eigenvalue weighted by Crippen LogP contribution is -2.38. The molecule has 8 nitrogen and oxygen atoms in total. The Hall–Kier alpha value is -3.68. The number of esters is 1. The highest BCUT2D eigenvalue weighted by molar-refractivity contribution is 5.94. The number of fused-ring (bicyclic) bond motifs is 1. The number of anilines is 1. The van der Waals surface area contributed by atoms with Crippen LogP contribution >= 0.6 is 0 Å². The molecule has 0 bridgehead atoms. The van der Waals surface area contributed by atoms with Crippen molar-refractivity contribution in [2.75, 3.05) is 12.4 Å². The van der Waals surface area contributed by atoms with Crippen molar-refractivity contribution in [1.29, 1.82) is 0 Å². The second-order valence-electron chi connectivity index (χ2n) is 8.17. The van der Waals surface area contributed by atoms with E-state index in [1.807, 2.05) is 0 Å². The topological polar surface area (TPSA) is 110 Å². The fourth-order valence-electron chi connectivity index (χ4n) is 4.28. The normalized spacial score (nSPS) is 18.3. The maximum absolute atomic E-state index is 12.7. The number of nitrogens with one attached hydrogen (secondary N) is 2. The van der Waals surface area contributed by atoms with E-state index in [9.17, 15) is 19.2 Å². The van der Waals surface area contributed by atoms with E-state index in [0.29, 0.717) is 41.5 Å². The van der Waals surface area contributed by atoms with Crippen molar-refractivity contribution in [3.05, 3.63) is 74.9 Å². The van der Waals surface area contributed by atoms with Crippen molar-refractivity contribution in [3.8, 4) is 0 Å². The maximum atomic E-state index is 12.7. The van der Waals surface area contributed by atoms with Crippen molar-refractivity contribution in [2.45, 2.75) is 32.2 Å². The van der Waals surface area contributed by atoms with Gasteiger partial charge in [0.2, 0.25) is 5.91 Å². The molecule has 0 unspecified atom stereocenters. The molecule has 1 saturated carbocycles. The number of H-pyrrole nitrogens is 1. The van der Waals surface area contributed by atoms with Crippen molar-refractivity contribution >= 4 is 28.5 Å². The van der Waals surface area contributed by atoms with Gasteiger partial charge >= 0.3 is 11.7 Å². The third kappa shape index (κ3) is 4.49. The van der Waals surface area contributed by atoms with Gasteiger partial charge in [-0.05, 0) is 68.0 Å². The van der Waals surface area contributed by atoms with Gasteiger partial charge in [0.05, 0.1) is 23.6 Å². The first-order valence-electron chi connectivity index (χ1n) is 10.7. The molecule has 1 aromatic heterocycles. The monoisotopic (exact) mass is 435 g/mol. The summed E-state index contributed by atoms with van der Waals surface area (Å²) < 4.78 is 5.95. The Bertz CT molecular complexity index is 1250. The quantitative estimate of drug-likeness (QED) is 0.599. The van der Waals surface area contributed by atoms with Crippen molar-refractivity contribution in [2.24, 2.45) is 11.8 Å². The van der Waals surface area contributed by atoms with Crippen LogP contribution in [0.5, 0.6) is 0 Å². The highest BCUT2D eigenvalue weighted by atomic mass is 16.5. The molecule has 4 rings (SSSR count). The van der Waals surface area contributed by atoms with Gasteiger partial charge in [-0.2, -0.15) is 0 Å². The van der Waals surface area contributed by atoms with Gasteiger partial charge in [-0.3, -0.25) is 14.2 Å². The summed E-state index contributed by atoms with van der Waals surface area (Å²) in [5.41, 5.74) is 0.909. The Morgan fingerprint density at radius 2 is 1.72 bits per heavy atom. The number of hydrogen-bond donors (Lipinski definition) is 2. The lowest BCUT2D eigenvalue weighted by Gasteiger charge is -2.28. The largest absolute Gasteiger partial charge is 0.465 e. The Morgan fingerprint density at radius 1 is 1.03 bits per heavy atom. The number of amides is 1. The predicted molar refractivity (Wildman–Crippen MR) is 121 cm³/mol. The Morgan fingerprint density at radius 3 is 2.41 bits per heavy atom. The molecule has 8 heteroatoms. The zero-order valence-electron chi connectivity index (χ0n) is 17.8. The lowest BCUT2D eigenvalue weighted by molar-refractivity contribution is -0.121. The van der Waals surface area contributed by atoms with E-state index in [-0.39, 0.29) is 23.3 Å². The number of para-hydroxylation sites is 1. The van der Waals surface area contributed by atoms with Crippen molar-refractivity contribution < 1.29 is 14.3 Å². The summed E-state index contributed by atoms with van der Waals surface area (Å²) in [4.78, 5) is 52.1. The lowest BCUT2D eigenvalue weighted by atomic mass is 9.81. The SMILES string of the molecule is COC(=O)c1ccc(NC(=O)C2CCC(Cn3c(=O)[nH]c4ccccc4c3=O)CC2)cc1. The van der Waals surface area contributed by atoms with Crippen LogP contribution in [0.15, 0.2) is 58.1 Å². The Balaban J connectivity index is 1.36. The second kappa shape index (κ2) is 9.21. The summed E-state index contributed by atoms with van der Waals surface area (Å²) >= 11 is 0. The summed E-state index contributed by atoms with van der Waals surface area (Å²) in [6.07, 6.45) is 2.91. The van der Waals surface area contributed by atoms with E-state index in [1.54, 1.807) is 48.5 Å². The van der Waals surface area contributed by atoms with E-state index in [2.05, 4.69) is 15.0 Å². The number of ether oxygens (including phenoxy) is 1. The minimum absolute atomic E-state index is 0.0602. The van der Waals surface area contributed by atoms with Gasteiger partial charge in [0, 0.05) is 18.2 Å². The molecule has 0 atom stereocenters. The van der Waals surface area contributed by atoms with Crippen LogP contribution in [0.2, 0.25) is 0 Å². The molecule has 0 aliphatic heterocycles. The van der Waals surface area contributed by atoms with Crippen LogP contribution in [0.25, 0.3) is 10.9 Å². The molecule has 1 heterocycles. The van der Waals surface area contributed by atoms with Gasteiger partial charge in [-0.1, -0.05) is 12.1 Å². The van der Waals surface area contributed by atoms with E-state index in [0.717, 1.165) is 12.8 Å². The van der Waals surface area contributed by atoms with E-state index >= 15 is 0 Å². The first-order valence-corrected chi connectivity index (χ1v) is 10.7. The van der Waals surface area contributed by atoms with Gasteiger partial charge in [0.1, 0.15) is 0 Å². The highest BCUT2D eigenvalue weighted by Gasteiger charge is 2.27. The average Bonchev–Trinajstić information content (AvgIpc) is 2.82. The smallest absolute Gasteiger partial charge is 0.337 e. The number of aromatic amines is 1. The van der Waals surface area contributed by atoms with Gasteiger partial charge in [0.25, 0.3) is 5.56 Å². The van der Waals surface area contributed by atoms with Crippen LogP contribution in [-0.2, 0) is 16.1 Å². The number of hydrogen-bond acceptors (Lipinski definition) is 5. The van der Waals surface area contributed by atoms with Crippen LogP contribution in [0, 0.1) is 11.8 Å². The molecule has 0 spiro atoms. The summed E-state index contributed by atoms with van der Waals surface area (Å²) in [6.45, 7) is 0.350. The van der Waals surface area contributed by atoms with E-state index in [4.69, 9.17) is 0 Å². The fourth-order valence-corrected chi connectivity index (χ4v) is 4.28. The molecule has 3 aromatic rings. The summed E-state index contributed by atoms with van der Waals surface area (Å²) in [7, 11) is 1.32. The van der Waals surface area contributed by atoms with Gasteiger partial charge in [0.15, 0.2) is 0 Å². The number of benzene rings is 2. The Kier molecular flexibility index (Phi) is 6.20. The number of carbonyl (C=O) groups is 2. The highest BCUT2D eigenvalue weighted by Crippen LogP contribution is 2.30. The first-order chi connectivity index (χ1) is 15.5. The van der Waals surface area contributed by atoms with Crippen molar-refractivity contribution in [1.82, 2.24) is 9.55 Å². The summed E-state index contributed by atoms with van der Waals surface area (Å²) in [5.74, 6) is -0.447. The average molecular weight is 435 g/mol. The predicted octanol–water partition coefficient (Wildman–Crippen LogP) is 2.92. The fraction of sp³-hybridized carbons (Fsp3) is 0.333. The zero-order chi connectivity index (χ0) is 22.7. The number of carbonyl (C=O) groups excluding carboxylic acids is 2. The number of rotatable bonds is 5. The summed E-state index contributed by atoms with van der Waals surface area (Å²) in [5, 5.41) is 3.40. The van der Waals surface area contributed by atoms with Crippen molar-refractivity contribution in [3.63, 3.8) is 0 Å². The molecule has 1 aliphatic rings. The van der Waals surface area contributed by atoms with Crippen LogP contribution < -0.4 is 16.6 Å². The van der Waals surface area contributed by atoms with Gasteiger partial charge in [-0.15, -0.1) is 0 Å². The van der Waals surface area contributed by atoms with Gasteiger partial charge in [-0.25, -0.2) is 9.59 Å². The molecule has 1 fully saturated rings. The first kappa shape index (κ1) is 21.5. The molecule has 1 amide bonds. The molecular formula is C24H25N3O5. The third-order valence-corrected chi connectivity index (χ3v) is 6.12. The van der Waals surface area contributed by atoms with Crippen LogP contribution in [0.3, 0.4) is 0 Å². The molecule has 32 heavy (non-hydrogen) atoms. The van der Waals surface area contributed by atoms with Crippen LogP contribution in [0.1, 0.15) is 36.0 Å². The molecule has 1 aliphatic carbocycles. The van der Waals surface area contributed by atoms with E-state index < -0.39 is 11.7 Å². The third-order valence-electron chi connectivity index (χ3n) is 6.12. The molecule has 0 radical (unpaired) electrons. The number of nitrogens with zero attached hydrogens (tertiary/aromatic N) is 1.